The van der Waals surface area contributed by atoms with Gasteiger partial charge in [-0.2, -0.15) is 0 Å². The van der Waals surface area contributed by atoms with Crippen LogP contribution in [0, 0.1) is 20.8 Å². The zero-order valence-corrected chi connectivity index (χ0v) is 16.4. The molecule has 3 rings (SSSR count). The van der Waals surface area contributed by atoms with Gasteiger partial charge in [0.05, 0.1) is 6.54 Å². The van der Waals surface area contributed by atoms with Crippen molar-refractivity contribution in [3.05, 3.63) is 53.2 Å². The predicted molar refractivity (Wildman–Crippen MR) is 108 cm³/mol. The number of rotatable bonds is 5. The molecule has 0 saturated carbocycles. The van der Waals surface area contributed by atoms with Crippen molar-refractivity contribution in [1.29, 1.82) is 0 Å². The van der Waals surface area contributed by atoms with E-state index in [1.165, 1.54) is 11.1 Å². The molecule has 0 radical (unpaired) electrons. The summed E-state index contributed by atoms with van der Waals surface area (Å²) >= 11 is 0. The third kappa shape index (κ3) is 4.90. The molecule has 2 heterocycles. The van der Waals surface area contributed by atoms with Crippen molar-refractivity contribution in [1.82, 2.24) is 15.2 Å². The van der Waals surface area contributed by atoms with Crippen LogP contribution in [0.4, 0.5) is 10.6 Å². The number of nitrogens with one attached hydrogen (secondary N) is 1. The number of urea groups is 1. The van der Waals surface area contributed by atoms with Gasteiger partial charge in [-0.3, -0.25) is 0 Å². The smallest absolute Gasteiger partial charge is 0.317 e. The van der Waals surface area contributed by atoms with Crippen LogP contribution < -0.4 is 15.0 Å². The number of carbonyl (C=O) groups is 1. The molecule has 27 heavy (non-hydrogen) atoms. The Morgan fingerprint density at radius 3 is 2.52 bits per heavy atom. The van der Waals surface area contributed by atoms with Gasteiger partial charge in [-0.05, 0) is 55.7 Å². The fourth-order valence-electron chi connectivity index (χ4n) is 3.20. The van der Waals surface area contributed by atoms with Gasteiger partial charge in [0.15, 0.2) is 0 Å². The Morgan fingerprint density at radius 2 is 1.81 bits per heavy atom. The fourth-order valence-corrected chi connectivity index (χ4v) is 3.20. The molecular formula is C21H28N4O2. The summed E-state index contributed by atoms with van der Waals surface area (Å²) in [4.78, 5) is 20.8. The minimum absolute atomic E-state index is 0.0314. The molecular weight excluding hydrogens is 340 g/mol. The van der Waals surface area contributed by atoms with E-state index in [-0.39, 0.29) is 6.03 Å². The van der Waals surface area contributed by atoms with Crippen LogP contribution in [0.15, 0.2) is 36.5 Å². The summed E-state index contributed by atoms with van der Waals surface area (Å²) in [6.45, 7) is 10.1. The Balaban J connectivity index is 1.40. The van der Waals surface area contributed by atoms with E-state index in [0.29, 0.717) is 26.2 Å². The third-order valence-electron chi connectivity index (χ3n) is 4.97. The van der Waals surface area contributed by atoms with Gasteiger partial charge in [-0.15, -0.1) is 0 Å². The van der Waals surface area contributed by atoms with Crippen molar-refractivity contribution >= 4 is 11.8 Å². The van der Waals surface area contributed by atoms with Gasteiger partial charge in [0.25, 0.3) is 0 Å². The lowest BCUT2D eigenvalue weighted by Crippen LogP contribution is -2.52. The maximum absolute atomic E-state index is 12.3. The fraction of sp³-hybridized carbons (Fsp3) is 0.429. The molecule has 2 aromatic rings. The Morgan fingerprint density at radius 1 is 1.07 bits per heavy atom. The van der Waals surface area contributed by atoms with Crippen molar-refractivity contribution in [3.63, 3.8) is 0 Å². The van der Waals surface area contributed by atoms with Crippen LogP contribution in [0.2, 0.25) is 0 Å². The monoisotopic (exact) mass is 368 g/mol. The summed E-state index contributed by atoms with van der Waals surface area (Å²) in [5.41, 5.74) is 3.60. The van der Waals surface area contributed by atoms with E-state index in [1.807, 2.05) is 30.0 Å². The summed E-state index contributed by atoms with van der Waals surface area (Å²) in [6, 6.07) is 10.1. The Bertz CT molecular complexity index is 771. The molecule has 1 aliphatic heterocycles. The van der Waals surface area contributed by atoms with Gasteiger partial charge in [-0.25, -0.2) is 9.78 Å². The number of anilines is 1. The number of carbonyl (C=O) groups excluding carboxylic acids is 1. The van der Waals surface area contributed by atoms with E-state index in [2.05, 4.69) is 41.2 Å². The number of pyridine rings is 1. The SMILES string of the molecule is Cc1cc(C)c(OCCNC(=O)N2CCN(c3ccccn3)CC2)cc1C. The first-order valence-electron chi connectivity index (χ1n) is 9.44. The average Bonchev–Trinajstić information content (AvgIpc) is 2.69. The van der Waals surface area contributed by atoms with Crippen LogP contribution in [0.5, 0.6) is 5.75 Å². The van der Waals surface area contributed by atoms with E-state index in [0.717, 1.165) is 30.2 Å². The molecule has 1 aromatic heterocycles. The number of hydrogen-bond donors (Lipinski definition) is 1. The Labute approximate surface area is 161 Å². The van der Waals surface area contributed by atoms with E-state index in [4.69, 9.17) is 4.74 Å². The Hall–Kier alpha value is -2.76. The van der Waals surface area contributed by atoms with Crippen molar-refractivity contribution < 1.29 is 9.53 Å². The average molecular weight is 368 g/mol. The maximum atomic E-state index is 12.3. The molecule has 144 valence electrons. The molecule has 6 nitrogen and oxygen atoms in total. The number of ether oxygens (including phenoxy) is 1. The topological polar surface area (TPSA) is 57.7 Å². The normalized spacial score (nSPS) is 14.2. The van der Waals surface area contributed by atoms with E-state index in [9.17, 15) is 4.79 Å². The lowest BCUT2D eigenvalue weighted by atomic mass is 10.1. The van der Waals surface area contributed by atoms with Gasteiger partial charge in [0.1, 0.15) is 18.2 Å². The number of amides is 2. The second-order valence-corrected chi connectivity index (χ2v) is 6.94. The molecule has 1 saturated heterocycles. The first-order valence-corrected chi connectivity index (χ1v) is 9.44. The number of nitrogens with zero attached hydrogens (tertiary/aromatic N) is 3. The minimum Gasteiger partial charge on any atom is -0.491 e. The van der Waals surface area contributed by atoms with Crippen LogP contribution in [0.3, 0.4) is 0 Å². The number of benzene rings is 1. The molecule has 0 unspecified atom stereocenters. The quantitative estimate of drug-likeness (QED) is 0.825. The molecule has 0 bridgehead atoms. The lowest BCUT2D eigenvalue weighted by Gasteiger charge is -2.35. The molecule has 1 aliphatic rings. The number of aromatic nitrogens is 1. The van der Waals surface area contributed by atoms with E-state index >= 15 is 0 Å². The van der Waals surface area contributed by atoms with Crippen molar-refractivity contribution in [2.45, 2.75) is 20.8 Å². The summed E-state index contributed by atoms with van der Waals surface area (Å²) in [6.07, 6.45) is 1.80. The first kappa shape index (κ1) is 19.0. The van der Waals surface area contributed by atoms with E-state index in [1.54, 1.807) is 6.20 Å². The molecule has 2 amide bonds. The molecule has 1 fully saturated rings. The van der Waals surface area contributed by atoms with Crippen molar-refractivity contribution in [2.75, 3.05) is 44.2 Å². The van der Waals surface area contributed by atoms with Crippen molar-refractivity contribution in [2.24, 2.45) is 0 Å². The number of aryl methyl sites for hydroxylation is 3. The molecule has 1 N–H and O–H groups in total. The highest BCUT2D eigenvalue weighted by Crippen LogP contribution is 2.22. The number of piperazine rings is 1. The van der Waals surface area contributed by atoms with Crippen LogP contribution in [-0.2, 0) is 0 Å². The third-order valence-corrected chi connectivity index (χ3v) is 4.97. The highest BCUT2D eigenvalue weighted by Gasteiger charge is 2.21. The first-order chi connectivity index (χ1) is 13.0. The summed E-state index contributed by atoms with van der Waals surface area (Å²) in [5, 5.41) is 2.95. The maximum Gasteiger partial charge on any atom is 0.317 e. The molecule has 0 atom stereocenters. The molecule has 0 aliphatic carbocycles. The Kier molecular flexibility index (Phi) is 6.16. The highest BCUT2D eigenvalue weighted by atomic mass is 16.5. The molecule has 6 heteroatoms. The number of hydrogen-bond acceptors (Lipinski definition) is 4. The zero-order chi connectivity index (χ0) is 19.2. The summed E-state index contributed by atoms with van der Waals surface area (Å²) in [5.74, 6) is 1.85. The summed E-state index contributed by atoms with van der Waals surface area (Å²) in [7, 11) is 0. The van der Waals surface area contributed by atoms with Gasteiger partial charge in [0.2, 0.25) is 0 Å². The van der Waals surface area contributed by atoms with Crippen LogP contribution in [0.1, 0.15) is 16.7 Å². The van der Waals surface area contributed by atoms with Gasteiger partial charge in [0, 0.05) is 32.4 Å². The highest BCUT2D eigenvalue weighted by molar-refractivity contribution is 5.74. The molecule has 0 spiro atoms. The van der Waals surface area contributed by atoms with Crippen molar-refractivity contribution in [3.8, 4) is 5.75 Å². The second kappa shape index (κ2) is 8.75. The second-order valence-electron chi connectivity index (χ2n) is 6.94. The predicted octanol–water partition coefficient (Wildman–Crippen LogP) is 2.92. The van der Waals surface area contributed by atoms with Crippen LogP contribution in [-0.4, -0.2) is 55.2 Å². The van der Waals surface area contributed by atoms with Gasteiger partial charge in [-0.1, -0.05) is 12.1 Å². The summed E-state index contributed by atoms with van der Waals surface area (Å²) < 4.78 is 5.84. The van der Waals surface area contributed by atoms with Gasteiger partial charge >= 0.3 is 6.03 Å². The van der Waals surface area contributed by atoms with E-state index < -0.39 is 0 Å². The largest absolute Gasteiger partial charge is 0.491 e. The van der Waals surface area contributed by atoms with Crippen LogP contribution >= 0.6 is 0 Å². The van der Waals surface area contributed by atoms with Gasteiger partial charge < -0.3 is 19.9 Å². The minimum atomic E-state index is -0.0314. The lowest BCUT2D eigenvalue weighted by molar-refractivity contribution is 0.191. The molecule has 1 aromatic carbocycles. The zero-order valence-electron chi connectivity index (χ0n) is 16.4. The van der Waals surface area contributed by atoms with Crippen LogP contribution in [0.25, 0.3) is 0 Å². The standard InChI is InChI=1S/C21H28N4O2/c1-16-14-18(3)19(15-17(16)2)27-13-8-23-21(26)25-11-9-24(10-12-25)20-6-4-5-7-22-20/h4-7,14-15H,8-13H2,1-3H3,(H,23,26).